The smallest absolute Gasteiger partial charge is 0.292 e. The first-order valence-corrected chi connectivity index (χ1v) is 9.78. The normalized spacial score (nSPS) is 16.8. The van der Waals surface area contributed by atoms with Crippen LogP contribution in [-0.2, 0) is 11.2 Å². The lowest BCUT2D eigenvalue weighted by molar-refractivity contribution is 0.0959. The van der Waals surface area contributed by atoms with Gasteiger partial charge in [0.15, 0.2) is 0 Å². The van der Waals surface area contributed by atoms with E-state index in [2.05, 4.69) is 17.4 Å². The summed E-state index contributed by atoms with van der Waals surface area (Å²) in [6, 6.07) is 13.2. The van der Waals surface area contributed by atoms with Crippen LogP contribution >= 0.6 is 23.2 Å². The van der Waals surface area contributed by atoms with E-state index in [9.17, 15) is 4.79 Å². The van der Waals surface area contributed by atoms with Crippen molar-refractivity contribution in [3.05, 3.63) is 69.2 Å². The van der Waals surface area contributed by atoms with Crippen molar-refractivity contribution in [3.63, 3.8) is 0 Å². The van der Waals surface area contributed by atoms with Gasteiger partial charge in [-0.15, -0.1) is 0 Å². The number of halogens is 2. The number of aryl methyl sites for hydroxylation is 1. The van der Waals surface area contributed by atoms with Gasteiger partial charge in [-0.1, -0.05) is 47.5 Å². The fraction of sp³-hybridized carbons (Fsp3) is 0.333. The molecule has 1 amide bonds. The summed E-state index contributed by atoms with van der Waals surface area (Å²) in [6.45, 7) is 3.80. The second-order valence-electron chi connectivity index (χ2n) is 6.79. The molecule has 0 heterocycles. The van der Waals surface area contributed by atoms with Gasteiger partial charge in [-0.3, -0.25) is 10.1 Å². The molecule has 6 heteroatoms. The number of nitrogens with zero attached hydrogens (tertiary/aromatic N) is 1. The molecule has 0 aliphatic heterocycles. The molecule has 3 rings (SSSR count). The Bertz CT molecular complexity index is 865. The fourth-order valence-electron chi connectivity index (χ4n) is 3.13. The summed E-state index contributed by atoms with van der Waals surface area (Å²) in [7, 11) is 0. The second kappa shape index (κ2) is 8.77. The van der Waals surface area contributed by atoms with E-state index in [0.29, 0.717) is 15.6 Å². The number of hydrogen-bond donors (Lipinski definition) is 1. The Hall–Kier alpha value is -2.04. The van der Waals surface area contributed by atoms with E-state index >= 15 is 0 Å². The highest BCUT2D eigenvalue weighted by Gasteiger charge is 2.21. The van der Waals surface area contributed by atoms with Crippen LogP contribution in [0, 0.1) is 0 Å². The van der Waals surface area contributed by atoms with Crippen molar-refractivity contribution in [2.75, 3.05) is 0 Å². The molecular formula is C21H22Cl2N2O2. The van der Waals surface area contributed by atoms with E-state index in [0.717, 1.165) is 19.3 Å². The van der Waals surface area contributed by atoms with Crippen LogP contribution < -0.4 is 5.32 Å². The maximum absolute atomic E-state index is 12.6. The van der Waals surface area contributed by atoms with Crippen molar-refractivity contribution in [1.82, 2.24) is 5.32 Å². The number of amides is 1. The first-order valence-electron chi connectivity index (χ1n) is 9.02. The van der Waals surface area contributed by atoms with Crippen molar-refractivity contribution in [3.8, 4) is 0 Å². The molecule has 1 aliphatic carbocycles. The standard InChI is InChI=1S/C21H22Cl2N2O2/c1-13(2)27-21(25-20(26)15-10-11-17(22)18(23)12-15)24-19-9-5-7-14-6-3-4-8-16(14)19/h3-4,6,8,10-13,19H,5,7,9H2,1-2H3,(H,24,25,26)/t19-/m1/s1. The van der Waals surface area contributed by atoms with Crippen molar-refractivity contribution in [2.24, 2.45) is 4.99 Å². The lowest BCUT2D eigenvalue weighted by Gasteiger charge is -2.24. The third-order valence-corrected chi connectivity index (χ3v) is 5.10. The van der Waals surface area contributed by atoms with Gasteiger partial charge in [0.1, 0.15) is 0 Å². The summed E-state index contributed by atoms with van der Waals surface area (Å²) in [5, 5.41) is 3.51. The Labute approximate surface area is 169 Å². The Morgan fingerprint density at radius 3 is 2.70 bits per heavy atom. The minimum Gasteiger partial charge on any atom is -0.462 e. The number of carbonyl (C=O) groups is 1. The largest absolute Gasteiger partial charge is 0.462 e. The van der Waals surface area contributed by atoms with Gasteiger partial charge in [0, 0.05) is 5.56 Å². The van der Waals surface area contributed by atoms with Gasteiger partial charge in [0.05, 0.1) is 22.2 Å². The molecule has 0 aromatic heterocycles. The van der Waals surface area contributed by atoms with Crippen LogP contribution in [0.4, 0.5) is 0 Å². The first-order chi connectivity index (χ1) is 12.9. The van der Waals surface area contributed by atoms with E-state index < -0.39 is 0 Å². The minimum atomic E-state index is -0.336. The van der Waals surface area contributed by atoms with Crippen molar-refractivity contribution in [1.29, 1.82) is 0 Å². The van der Waals surface area contributed by atoms with E-state index in [1.54, 1.807) is 12.1 Å². The summed E-state index contributed by atoms with van der Waals surface area (Å²) in [6.07, 6.45) is 2.92. The summed E-state index contributed by atoms with van der Waals surface area (Å²) >= 11 is 11.9. The second-order valence-corrected chi connectivity index (χ2v) is 7.61. The van der Waals surface area contributed by atoms with Crippen molar-refractivity contribution >= 4 is 35.1 Å². The highest BCUT2D eigenvalue weighted by Crippen LogP contribution is 2.32. The van der Waals surface area contributed by atoms with Gasteiger partial charge in [0.2, 0.25) is 0 Å². The predicted octanol–water partition coefficient (Wildman–Crippen LogP) is 5.58. The number of amidine groups is 1. The quantitative estimate of drug-likeness (QED) is 0.535. The number of ether oxygens (including phenoxy) is 1. The Morgan fingerprint density at radius 2 is 1.96 bits per heavy atom. The van der Waals surface area contributed by atoms with E-state index in [1.165, 1.54) is 17.2 Å². The Balaban J connectivity index is 1.85. The summed E-state index contributed by atoms with van der Waals surface area (Å²) in [4.78, 5) is 17.3. The van der Waals surface area contributed by atoms with Gasteiger partial charge in [-0.25, -0.2) is 4.99 Å². The molecule has 2 aromatic rings. The molecule has 1 N–H and O–H groups in total. The molecule has 0 bridgehead atoms. The molecule has 0 saturated heterocycles. The zero-order valence-electron chi connectivity index (χ0n) is 15.3. The van der Waals surface area contributed by atoms with Gasteiger partial charge in [0.25, 0.3) is 11.9 Å². The number of benzene rings is 2. The summed E-state index contributed by atoms with van der Waals surface area (Å²) < 4.78 is 5.77. The van der Waals surface area contributed by atoms with E-state index in [1.807, 2.05) is 26.0 Å². The molecule has 0 saturated carbocycles. The predicted molar refractivity (Wildman–Crippen MR) is 110 cm³/mol. The molecule has 1 atom stereocenters. The highest BCUT2D eigenvalue weighted by atomic mass is 35.5. The lowest BCUT2D eigenvalue weighted by Crippen LogP contribution is -2.35. The summed E-state index contributed by atoms with van der Waals surface area (Å²) in [5.41, 5.74) is 2.89. The third-order valence-electron chi connectivity index (χ3n) is 4.36. The van der Waals surface area contributed by atoms with Crippen LogP contribution in [0.1, 0.15) is 54.2 Å². The number of fused-ring (bicyclic) bond motifs is 1. The van der Waals surface area contributed by atoms with Gasteiger partial charge < -0.3 is 4.74 Å². The fourth-order valence-corrected chi connectivity index (χ4v) is 3.42. The molecule has 27 heavy (non-hydrogen) atoms. The first kappa shape index (κ1) is 19.7. The third kappa shape index (κ3) is 5.02. The van der Waals surface area contributed by atoms with Gasteiger partial charge in [-0.05, 0) is 62.4 Å². The molecule has 2 aromatic carbocycles. The van der Waals surface area contributed by atoms with Crippen molar-refractivity contribution in [2.45, 2.75) is 45.3 Å². The Morgan fingerprint density at radius 1 is 1.19 bits per heavy atom. The molecule has 142 valence electrons. The number of aliphatic imine (C=N–C) groups is 1. The minimum absolute atomic E-state index is 0.0298. The monoisotopic (exact) mass is 404 g/mol. The average Bonchev–Trinajstić information content (AvgIpc) is 2.63. The van der Waals surface area contributed by atoms with E-state index in [4.69, 9.17) is 32.9 Å². The maximum atomic E-state index is 12.6. The van der Waals surface area contributed by atoms with E-state index in [-0.39, 0.29) is 24.1 Å². The molecular weight excluding hydrogens is 383 g/mol. The molecule has 0 fully saturated rings. The molecule has 1 aliphatic rings. The number of hydrogen-bond acceptors (Lipinski definition) is 3. The van der Waals surface area contributed by atoms with Crippen LogP contribution in [-0.4, -0.2) is 18.0 Å². The van der Waals surface area contributed by atoms with Crippen LogP contribution in [0.3, 0.4) is 0 Å². The molecule has 4 nitrogen and oxygen atoms in total. The maximum Gasteiger partial charge on any atom is 0.292 e. The van der Waals surface area contributed by atoms with Crippen molar-refractivity contribution < 1.29 is 9.53 Å². The number of rotatable bonds is 3. The lowest BCUT2D eigenvalue weighted by atomic mass is 9.88. The topological polar surface area (TPSA) is 50.7 Å². The summed E-state index contributed by atoms with van der Waals surface area (Å²) in [5.74, 6) is -0.336. The molecule has 0 unspecified atom stereocenters. The van der Waals surface area contributed by atoms with Crippen LogP contribution in [0.25, 0.3) is 0 Å². The SMILES string of the molecule is CC(C)OC(=N[C@@H]1CCCc2ccccc21)NC(=O)c1ccc(Cl)c(Cl)c1. The number of nitrogens with one attached hydrogen (secondary N) is 1. The van der Waals surface area contributed by atoms with Crippen LogP contribution in [0.15, 0.2) is 47.5 Å². The zero-order chi connectivity index (χ0) is 19.4. The zero-order valence-corrected chi connectivity index (χ0v) is 16.8. The van der Waals surface area contributed by atoms with Gasteiger partial charge in [-0.2, -0.15) is 0 Å². The number of carbonyl (C=O) groups excluding carboxylic acids is 1. The molecule has 0 radical (unpaired) electrons. The van der Waals surface area contributed by atoms with Gasteiger partial charge >= 0.3 is 0 Å². The molecule has 0 spiro atoms. The average molecular weight is 405 g/mol. The highest BCUT2D eigenvalue weighted by molar-refractivity contribution is 6.42. The van der Waals surface area contributed by atoms with Crippen LogP contribution in [0.5, 0.6) is 0 Å². The van der Waals surface area contributed by atoms with Crippen LogP contribution in [0.2, 0.25) is 10.0 Å². The Kier molecular flexibility index (Phi) is 6.40.